The van der Waals surface area contributed by atoms with E-state index in [1.54, 1.807) is 25.1 Å². The number of hydrogen-bond donors (Lipinski definition) is 3. The normalized spacial score (nSPS) is 15.6. The quantitative estimate of drug-likeness (QED) is 0.706. The van der Waals surface area contributed by atoms with Crippen molar-refractivity contribution >= 4 is 17.6 Å². The number of carboxylic acid groups (broad SMARTS) is 1. The van der Waals surface area contributed by atoms with Crippen LogP contribution in [-0.2, 0) is 9.59 Å². The third-order valence-corrected chi connectivity index (χ3v) is 3.53. The number of carbonyl (C=O) groups is 2. The maximum atomic E-state index is 12.2. The number of carbonyl (C=O) groups excluding carboxylic acids is 1. The van der Waals surface area contributed by atoms with Gasteiger partial charge in [0.25, 0.3) is 0 Å². The Morgan fingerprint density at radius 2 is 1.96 bits per heavy atom. The lowest BCUT2D eigenvalue weighted by Crippen LogP contribution is -2.47. The molecule has 2 unspecified atom stereocenters. The van der Waals surface area contributed by atoms with Crippen LogP contribution in [0.2, 0.25) is 0 Å². The van der Waals surface area contributed by atoms with Gasteiger partial charge in [0.1, 0.15) is 19.3 Å². The molecule has 1 aromatic carbocycles. The molecule has 7 nitrogen and oxygen atoms in total. The predicted molar refractivity (Wildman–Crippen MR) is 85.0 cm³/mol. The van der Waals surface area contributed by atoms with Gasteiger partial charge in [-0.15, -0.1) is 0 Å². The molecule has 0 radical (unpaired) electrons. The highest BCUT2D eigenvalue weighted by atomic mass is 16.6. The van der Waals surface area contributed by atoms with Crippen LogP contribution >= 0.6 is 0 Å². The van der Waals surface area contributed by atoms with Gasteiger partial charge in [-0.25, -0.2) is 0 Å². The zero-order chi connectivity index (χ0) is 16.8. The van der Waals surface area contributed by atoms with Crippen LogP contribution in [0.3, 0.4) is 0 Å². The first-order valence-electron chi connectivity index (χ1n) is 7.70. The number of amides is 1. The zero-order valence-electron chi connectivity index (χ0n) is 13.3. The van der Waals surface area contributed by atoms with Crippen LogP contribution in [0.5, 0.6) is 11.5 Å². The SMILES string of the molecule is CCCC(NC(C)C(=O)Nc1ccc2c(c1)OCCO2)C(=O)O. The molecule has 0 saturated carbocycles. The molecule has 0 aliphatic carbocycles. The van der Waals surface area contributed by atoms with Crippen molar-refractivity contribution in [1.29, 1.82) is 0 Å². The van der Waals surface area contributed by atoms with E-state index in [4.69, 9.17) is 14.6 Å². The second kappa shape index (κ2) is 7.82. The molecule has 1 aromatic rings. The number of anilines is 1. The van der Waals surface area contributed by atoms with E-state index in [-0.39, 0.29) is 5.91 Å². The van der Waals surface area contributed by atoms with Gasteiger partial charge in [-0.05, 0) is 25.5 Å². The minimum atomic E-state index is -0.953. The maximum Gasteiger partial charge on any atom is 0.320 e. The summed E-state index contributed by atoms with van der Waals surface area (Å²) in [5.74, 6) is -0.0202. The van der Waals surface area contributed by atoms with E-state index < -0.39 is 18.1 Å². The fraction of sp³-hybridized carbons (Fsp3) is 0.500. The Bertz CT molecular complexity index is 576. The van der Waals surface area contributed by atoms with Crippen LogP contribution in [-0.4, -0.2) is 42.3 Å². The summed E-state index contributed by atoms with van der Waals surface area (Å²) >= 11 is 0. The van der Waals surface area contributed by atoms with Crippen molar-refractivity contribution in [2.75, 3.05) is 18.5 Å². The molecule has 1 aliphatic heterocycles. The lowest BCUT2D eigenvalue weighted by Gasteiger charge is -2.21. The molecule has 1 heterocycles. The molecule has 126 valence electrons. The zero-order valence-corrected chi connectivity index (χ0v) is 13.3. The van der Waals surface area contributed by atoms with E-state index in [0.717, 1.165) is 6.42 Å². The minimum absolute atomic E-state index is 0.302. The molecule has 1 aliphatic rings. The molecule has 0 bridgehead atoms. The Kier molecular flexibility index (Phi) is 5.81. The van der Waals surface area contributed by atoms with Crippen LogP contribution in [0.25, 0.3) is 0 Å². The van der Waals surface area contributed by atoms with Crippen molar-refractivity contribution < 1.29 is 24.2 Å². The van der Waals surface area contributed by atoms with Crippen molar-refractivity contribution in [3.05, 3.63) is 18.2 Å². The van der Waals surface area contributed by atoms with Crippen molar-refractivity contribution in [2.24, 2.45) is 0 Å². The summed E-state index contributed by atoms with van der Waals surface area (Å²) in [5, 5.41) is 14.7. The number of nitrogens with one attached hydrogen (secondary N) is 2. The molecule has 2 rings (SSSR count). The molecule has 0 spiro atoms. The second-order valence-corrected chi connectivity index (χ2v) is 5.42. The minimum Gasteiger partial charge on any atom is -0.486 e. The summed E-state index contributed by atoms with van der Waals surface area (Å²) in [6.07, 6.45) is 1.19. The molecule has 0 fully saturated rings. The number of aliphatic carboxylic acids is 1. The Morgan fingerprint density at radius 1 is 1.26 bits per heavy atom. The van der Waals surface area contributed by atoms with Gasteiger partial charge < -0.3 is 19.9 Å². The standard InChI is InChI=1S/C16H22N2O5/c1-3-4-12(16(20)21)17-10(2)15(19)18-11-5-6-13-14(9-11)23-8-7-22-13/h5-6,9-10,12,17H,3-4,7-8H2,1-2H3,(H,18,19)(H,20,21). The Hall–Kier alpha value is -2.28. The van der Waals surface area contributed by atoms with Crippen LogP contribution in [0.15, 0.2) is 18.2 Å². The average Bonchev–Trinajstić information content (AvgIpc) is 2.54. The lowest BCUT2D eigenvalue weighted by molar-refractivity contribution is -0.140. The van der Waals surface area contributed by atoms with Crippen LogP contribution in [0, 0.1) is 0 Å². The number of fused-ring (bicyclic) bond motifs is 1. The number of carboxylic acids is 1. The molecule has 2 atom stereocenters. The molecule has 1 amide bonds. The lowest BCUT2D eigenvalue weighted by atomic mass is 10.1. The van der Waals surface area contributed by atoms with Gasteiger partial charge in [-0.2, -0.15) is 0 Å². The monoisotopic (exact) mass is 322 g/mol. The maximum absolute atomic E-state index is 12.2. The first-order valence-corrected chi connectivity index (χ1v) is 7.70. The third-order valence-electron chi connectivity index (χ3n) is 3.53. The van der Waals surface area contributed by atoms with E-state index in [2.05, 4.69) is 10.6 Å². The first-order chi connectivity index (χ1) is 11.0. The highest BCUT2D eigenvalue weighted by Gasteiger charge is 2.22. The molecule has 0 aromatic heterocycles. The second-order valence-electron chi connectivity index (χ2n) is 5.42. The smallest absolute Gasteiger partial charge is 0.320 e. The summed E-state index contributed by atoms with van der Waals surface area (Å²) in [6.45, 7) is 4.52. The third kappa shape index (κ3) is 4.59. The van der Waals surface area contributed by atoms with E-state index in [0.29, 0.717) is 36.8 Å². The number of rotatable bonds is 7. The van der Waals surface area contributed by atoms with Gasteiger partial charge in [-0.3, -0.25) is 14.9 Å². The Labute approximate surface area is 135 Å². The fourth-order valence-electron chi connectivity index (χ4n) is 2.32. The Balaban J connectivity index is 1.96. The van der Waals surface area contributed by atoms with Crippen LogP contribution in [0.1, 0.15) is 26.7 Å². The fourth-order valence-corrected chi connectivity index (χ4v) is 2.32. The Morgan fingerprint density at radius 3 is 2.61 bits per heavy atom. The first kappa shape index (κ1) is 17.1. The highest BCUT2D eigenvalue weighted by Crippen LogP contribution is 2.32. The molecular formula is C16H22N2O5. The van der Waals surface area contributed by atoms with Gasteiger partial charge in [-0.1, -0.05) is 13.3 Å². The molecule has 23 heavy (non-hydrogen) atoms. The van der Waals surface area contributed by atoms with Gasteiger partial charge in [0, 0.05) is 11.8 Å². The number of ether oxygens (including phenoxy) is 2. The van der Waals surface area contributed by atoms with Crippen LogP contribution < -0.4 is 20.1 Å². The molecular weight excluding hydrogens is 300 g/mol. The highest BCUT2D eigenvalue weighted by molar-refractivity contribution is 5.95. The summed E-state index contributed by atoms with van der Waals surface area (Å²) in [6, 6.07) is 3.79. The topological polar surface area (TPSA) is 96.9 Å². The van der Waals surface area contributed by atoms with E-state index in [9.17, 15) is 9.59 Å². The summed E-state index contributed by atoms with van der Waals surface area (Å²) in [7, 11) is 0. The summed E-state index contributed by atoms with van der Waals surface area (Å²) < 4.78 is 10.9. The van der Waals surface area contributed by atoms with E-state index in [1.165, 1.54) is 0 Å². The van der Waals surface area contributed by atoms with Gasteiger partial charge >= 0.3 is 5.97 Å². The number of hydrogen-bond acceptors (Lipinski definition) is 5. The van der Waals surface area contributed by atoms with Crippen molar-refractivity contribution in [1.82, 2.24) is 5.32 Å². The number of benzene rings is 1. The largest absolute Gasteiger partial charge is 0.486 e. The van der Waals surface area contributed by atoms with Crippen molar-refractivity contribution in [3.63, 3.8) is 0 Å². The van der Waals surface area contributed by atoms with Crippen molar-refractivity contribution in [2.45, 2.75) is 38.8 Å². The summed E-state index contributed by atoms with van der Waals surface area (Å²) in [4.78, 5) is 23.3. The average molecular weight is 322 g/mol. The molecule has 7 heteroatoms. The van der Waals surface area contributed by atoms with Crippen molar-refractivity contribution in [3.8, 4) is 11.5 Å². The van der Waals surface area contributed by atoms with E-state index in [1.807, 2.05) is 6.92 Å². The van der Waals surface area contributed by atoms with Gasteiger partial charge in [0.05, 0.1) is 6.04 Å². The van der Waals surface area contributed by atoms with E-state index >= 15 is 0 Å². The molecule has 3 N–H and O–H groups in total. The summed E-state index contributed by atoms with van der Waals surface area (Å²) in [5.41, 5.74) is 0.579. The van der Waals surface area contributed by atoms with Crippen LogP contribution in [0.4, 0.5) is 5.69 Å². The predicted octanol–water partition coefficient (Wildman–Crippen LogP) is 1.63. The molecule has 0 saturated heterocycles. The van der Waals surface area contributed by atoms with Gasteiger partial charge in [0.15, 0.2) is 11.5 Å². The van der Waals surface area contributed by atoms with Gasteiger partial charge in [0.2, 0.25) is 5.91 Å².